The van der Waals surface area contributed by atoms with Gasteiger partial charge in [-0.15, -0.1) is 0 Å². The third-order valence-corrected chi connectivity index (χ3v) is 2.92. The fraction of sp³-hybridized carbons (Fsp3) is 0.133. The SMILES string of the molecule is COc1ccc(C(C=O)c2cccc(F)c2)c(O)c1. The maximum atomic E-state index is 13.2. The summed E-state index contributed by atoms with van der Waals surface area (Å²) in [6, 6.07) is 10.4. The van der Waals surface area contributed by atoms with Crippen LogP contribution in [0.4, 0.5) is 4.39 Å². The fourth-order valence-corrected chi connectivity index (χ4v) is 1.94. The maximum Gasteiger partial charge on any atom is 0.131 e. The highest BCUT2D eigenvalue weighted by atomic mass is 19.1. The number of hydrogen-bond acceptors (Lipinski definition) is 3. The number of carbonyl (C=O) groups excluding carboxylic acids is 1. The molecule has 98 valence electrons. The molecule has 0 aromatic heterocycles. The van der Waals surface area contributed by atoms with Crippen LogP contribution in [0.1, 0.15) is 17.0 Å². The van der Waals surface area contributed by atoms with E-state index in [1.807, 2.05) is 0 Å². The van der Waals surface area contributed by atoms with E-state index in [4.69, 9.17) is 4.74 Å². The summed E-state index contributed by atoms with van der Waals surface area (Å²) >= 11 is 0. The van der Waals surface area contributed by atoms with Gasteiger partial charge in [0.2, 0.25) is 0 Å². The second kappa shape index (κ2) is 5.52. The van der Waals surface area contributed by atoms with Crippen molar-refractivity contribution in [2.45, 2.75) is 5.92 Å². The summed E-state index contributed by atoms with van der Waals surface area (Å²) in [6.07, 6.45) is 0.677. The monoisotopic (exact) mass is 260 g/mol. The van der Waals surface area contributed by atoms with Crippen molar-refractivity contribution in [3.8, 4) is 11.5 Å². The lowest BCUT2D eigenvalue weighted by molar-refractivity contribution is -0.108. The Bertz CT molecular complexity index is 596. The van der Waals surface area contributed by atoms with E-state index in [0.29, 0.717) is 23.2 Å². The van der Waals surface area contributed by atoms with Gasteiger partial charge in [-0.1, -0.05) is 18.2 Å². The first-order valence-electron chi connectivity index (χ1n) is 5.73. The molecule has 0 bridgehead atoms. The molecule has 1 atom stereocenters. The second-order valence-electron chi connectivity index (χ2n) is 4.09. The quantitative estimate of drug-likeness (QED) is 0.860. The summed E-state index contributed by atoms with van der Waals surface area (Å²) in [4.78, 5) is 11.3. The van der Waals surface area contributed by atoms with E-state index in [1.165, 1.54) is 31.4 Å². The molecule has 0 aliphatic carbocycles. The summed E-state index contributed by atoms with van der Waals surface area (Å²) in [6.45, 7) is 0. The van der Waals surface area contributed by atoms with Crippen molar-refractivity contribution in [1.29, 1.82) is 0 Å². The summed E-state index contributed by atoms with van der Waals surface area (Å²) in [5, 5.41) is 9.92. The zero-order chi connectivity index (χ0) is 13.8. The first-order chi connectivity index (χ1) is 9.15. The largest absolute Gasteiger partial charge is 0.507 e. The number of phenols is 1. The Kier molecular flexibility index (Phi) is 3.80. The van der Waals surface area contributed by atoms with Crippen LogP contribution in [0.3, 0.4) is 0 Å². The minimum absolute atomic E-state index is 0.0549. The molecule has 2 rings (SSSR count). The van der Waals surface area contributed by atoms with Gasteiger partial charge in [-0.05, 0) is 23.8 Å². The maximum absolute atomic E-state index is 13.2. The van der Waals surface area contributed by atoms with Gasteiger partial charge < -0.3 is 14.6 Å². The molecule has 0 radical (unpaired) electrons. The molecular weight excluding hydrogens is 247 g/mol. The van der Waals surface area contributed by atoms with Crippen LogP contribution in [0.25, 0.3) is 0 Å². The average Bonchev–Trinajstić information content (AvgIpc) is 2.41. The average molecular weight is 260 g/mol. The van der Waals surface area contributed by atoms with Crippen molar-refractivity contribution in [3.05, 3.63) is 59.4 Å². The van der Waals surface area contributed by atoms with Crippen molar-refractivity contribution in [1.82, 2.24) is 0 Å². The predicted octanol–water partition coefficient (Wildman–Crippen LogP) is 2.87. The van der Waals surface area contributed by atoms with E-state index in [-0.39, 0.29) is 5.75 Å². The molecular formula is C15H13FO3. The number of aromatic hydroxyl groups is 1. The van der Waals surface area contributed by atoms with Gasteiger partial charge in [0.15, 0.2) is 0 Å². The van der Waals surface area contributed by atoms with Gasteiger partial charge in [-0.2, -0.15) is 0 Å². The molecule has 19 heavy (non-hydrogen) atoms. The third-order valence-electron chi connectivity index (χ3n) is 2.92. The van der Waals surface area contributed by atoms with E-state index in [2.05, 4.69) is 0 Å². The van der Waals surface area contributed by atoms with Crippen LogP contribution in [-0.2, 0) is 4.79 Å². The molecule has 0 spiro atoms. The van der Waals surface area contributed by atoms with Crippen LogP contribution < -0.4 is 4.74 Å². The standard InChI is InChI=1S/C15H13FO3/c1-19-12-5-6-13(15(18)8-12)14(9-17)10-3-2-4-11(16)7-10/h2-9,14,18H,1H3. The number of methoxy groups -OCH3 is 1. The minimum atomic E-state index is -0.707. The zero-order valence-electron chi connectivity index (χ0n) is 10.3. The lowest BCUT2D eigenvalue weighted by atomic mass is 9.92. The van der Waals surface area contributed by atoms with Gasteiger partial charge in [0.25, 0.3) is 0 Å². The first-order valence-corrected chi connectivity index (χ1v) is 5.73. The Morgan fingerprint density at radius 3 is 2.63 bits per heavy atom. The molecule has 2 aromatic carbocycles. The summed E-state index contributed by atoms with van der Waals surface area (Å²) < 4.78 is 18.2. The highest BCUT2D eigenvalue weighted by Gasteiger charge is 2.17. The molecule has 4 heteroatoms. The molecule has 0 amide bonds. The van der Waals surface area contributed by atoms with E-state index < -0.39 is 11.7 Å². The smallest absolute Gasteiger partial charge is 0.131 e. The zero-order valence-corrected chi connectivity index (χ0v) is 10.3. The van der Waals surface area contributed by atoms with E-state index in [1.54, 1.807) is 18.2 Å². The van der Waals surface area contributed by atoms with Gasteiger partial charge >= 0.3 is 0 Å². The fourth-order valence-electron chi connectivity index (χ4n) is 1.94. The third kappa shape index (κ3) is 2.73. The molecule has 0 fully saturated rings. The number of ether oxygens (including phenoxy) is 1. The number of benzene rings is 2. The number of rotatable bonds is 4. The van der Waals surface area contributed by atoms with Gasteiger partial charge in [-0.25, -0.2) is 4.39 Å². The van der Waals surface area contributed by atoms with Gasteiger partial charge in [0.1, 0.15) is 23.6 Å². The summed E-state index contributed by atoms with van der Waals surface area (Å²) in [5.74, 6) is -0.690. The Morgan fingerprint density at radius 1 is 1.26 bits per heavy atom. The van der Waals surface area contributed by atoms with Crippen molar-refractivity contribution >= 4 is 6.29 Å². The number of carbonyl (C=O) groups is 1. The predicted molar refractivity (Wildman–Crippen MR) is 69.0 cm³/mol. The van der Waals surface area contributed by atoms with Crippen LogP contribution in [0, 0.1) is 5.82 Å². The summed E-state index contributed by atoms with van der Waals surface area (Å²) in [7, 11) is 1.48. The molecule has 0 aliphatic heterocycles. The van der Waals surface area contributed by atoms with Gasteiger partial charge in [-0.3, -0.25) is 0 Å². The van der Waals surface area contributed by atoms with E-state index in [9.17, 15) is 14.3 Å². The molecule has 0 saturated heterocycles. The van der Waals surface area contributed by atoms with Crippen molar-refractivity contribution in [2.75, 3.05) is 7.11 Å². The molecule has 1 unspecified atom stereocenters. The number of phenolic OH excluding ortho intramolecular Hbond substituents is 1. The molecule has 0 heterocycles. The number of aldehydes is 1. The topological polar surface area (TPSA) is 46.5 Å². The molecule has 1 N–H and O–H groups in total. The first kappa shape index (κ1) is 13.1. The molecule has 0 saturated carbocycles. The van der Waals surface area contributed by atoms with Crippen molar-refractivity contribution < 1.29 is 19.0 Å². The Balaban J connectivity index is 2.45. The summed E-state index contributed by atoms with van der Waals surface area (Å²) in [5.41, 5.74) is 0.914. The second-order valence-corrected chi connectivity index (χ2v) is 4.09. The van der Waals surface area contributed by atoms with Crippen molar-refractivity contribution in [2.24, 2.45) is 0 Å². The Morgan fingerprint density at radius 2 is 2.05 bits per heavy atom. The van der Waals surface area contributed by atoms with Crippen molar-refractivity contribution in [3.63, 3.8) is 0 Å². The highest BCUT2D eigenvalue weighted by molar-refractivity contribution is 5.70. The van der Waals surface area contributed by atoms with Crippen LogP contribution >= 0.6 is 0 Å². The molecule has 3 nitrogen and oxygen atoms in total. The van der Waals surface area contributed by atoms with E-state index >= 15 is 0 Å². The van der Waals surface area contributed by atoms with E-state index in [0.717, 1.165) is 0 Å². The van der Waals surface area contributed by atoms with Crippen LogP contribution in [-0.4, -0.2) is 18.5 Å². The molecule has 2 aromatic rings. The lowest BCUT2D eigenvalue weighted by Gasteiger charge is -2.13. The number of halogens is 1. The molecule has 0 aliphatic rings. The normalized spacial score (nSPS) is 11.9. The van der Waals surface area contributed by atoms with Gasteiger partial charge in [0.05, 0.1) is 13.0 Å². The minimum Gasteiger partial charge on any atom is -0.507 e. The lowest BCUT2D eigenvalue weighted by Crippen LogP contribution is -2.03. The van der Waals surface area contributed by atoms with Crippen LogP contribution in [0.15, 0.2) is 42.5 Å². The van der Waals surface area contributed by atoms with Crippen LogP contribution in [0.2, 0.25) is 0 Å². The number of hydrogen-bond donors (Lipinski definition) is 1. The van der Waals surface area contributed by atoms with Gasteiger partial charge in [0, 0.05) is 11.6 Å². The Labute approximate surface area is 110 Å². The highest BCUT2D eigenvalue weighted by Crippen LogP contribution is 2.32. The van der Waals surface area contributed by atoms with Crippen LogP contribution in [0.5, 0.6) is 11.5 Å². The Hall–Kier alpha value is -2.36.